The molecule has 1 aliphatic rings. The lowest BCUT2D eigenvalue weighted by molar-refractivity contribution is -0.122. The van der Waals surface area contributed by atoms with Gasteiger partial charge in [-0.3, -0.25) is 4.79 Å². The molecule has 0 bridgehead atoms. The van der Waals surface area contributed by atoms with E-state index in [-0.39, 0.29) is 11.9 Å². The van der Waals surface area contributed by atoms with Gasteiger partial charge in [0.05, 0.1) is 16.8 Å². The Hall–Kier alpha value is -1.60. The third-order valence-electron chi connectivity index (χ3n) is 5.67. The van der Waals surface area contributed by atoms with Gasteiger partial charge in [-0.1, -0.05) is 73.3 Å². The minimum atomic E-state index is -0.490. The predicted octanol–water partition coefficient (Wildman–Crippen LogP) is 8.38. The minimum Gasteiger partial charge on any atom is -0.471 e. The number of nitrogens with zero attached hydrogens (tertiary/aromatic N) is 1. The molecular formula is C26H24Br2Cl2N2O2. The van der Waals surface area contributed by atoms with Crippen LogP contribution in [0.3, 0.4) is 0 Å². The Morgan fingerprint density at radius 3 is 2.56 bits per heavy atom. The van der Waals surface area contributed by atoms with E-state index in [2.05, 4.69) is 43.2 Å². The maximum atomic E-state index is 12.6. The fourth-order valence-electron chi connectivity index (χ4n) is 4.11. The SMILES string of the molecule is CC1(C)CC(NC(=O)CCCBr)c2cc(-c3ccc(Cl)cc3)c(-c3ccc(Br)cc3Cl)nc2O1. The van der Waals surface area contributed by atoms with E-state index in [0.29, 0.717) is 34.5 Å². The van der Waals surface area contributed by atoms with E-state index in [9.17, 15) is 4.79 Å². The molecule has 178 valence electrons. The molecule has 1 unspecified atom stereocenters. The van der Waals surface area contributed by atoms with E-state index >= 15 is 0 Å². The molecule has 4 nitrogen and oxygen atoms in total. The number of benzene rings is 2. The monoisotopic (exact) mass is 624 g/mol. The zero-order chi connectivity index (χ0) is 24.5. The van der Waals surface area contributed by atoms with Gasteiger partial charge in [-0.25, -0.2) is 4.98 Å². The molecule has 8 heteroatoms. The second-order valence-corrected chi connectivity index (χ2v) is 11.4. The highest BCUT2D eigenvalue weighted by atomic mass is 79.9. The van der Waals surface area contributed by atoms with Crippen LogP contribution in [-0.2, 0) is 4.79 Å². The van der Waals surface area contributed by atoms with Gasteiger partial charge in [0.15, 0.2) is 0 Å². The Kier molecular flexibility index (Phi) is 7.92. The maximum absolute atomic E-state index is 12.6. The molecule has 0 spiro atoms. The first-order valence-electron chi connectivity index (χ1n) is 11.0. The number of halogens is 4. The van der Waals surface area contributed by atoms with E-state index in [1.54, 1.807) is 0 Å². The minimum absolute atomic E-state index is 0.0150. The Labute approximate surface area is 226 Å². The summed E-state index contributed by atoms with van der Waals surface area (Å²) in [5.41, 5.74) is 3.71. The highest BCUT2D eigenvalue weighted by molar-refractivity contribution is 9.10. The molecule has 0 aliphatic carbocycles. The lowest BCUT2D eigenvalue weighted by Crippen LogP contribution is -2.41. The molecule has 2 aromatic carbocycles. The largest absolute Gasteiger partial charge is 0.471 e. The van der Waals surface area contributed by atoms with Crippen molar-refractivity contribution in [1.82, 2.24) is 10.3 Å². The number of alkyl halides is 1. The lowest BCUT2D eigenvalue weighted by Gasteiger charge is -2.37. The number of ether oxygens (including phenoxy) is 1. The normalized spacial score (nSPS) is 16.5. The van der Waals surface area contributed by atoms with E-state index in [0.717, 1.165) is 38.5 Å². The molecule has 1 atom stereocenters. The number of hydrogen-bond acceptors (Lipinski definition) is 3. The molecule has 1 aliphatic heterocycles. The molecule has 1 amide bonds. The molecule has 0 fully saturated rings. The van der Waals surface area contributed by atoms with Crippen molar-refractivity contribution in [3.8, 4) is 28.3 Å². The van der Waals surface area contributed by atoms with Gasteiger partial charge in [0.2, 0.25) is 11.8 Å². The second kappa shape index (κ2) is 10.6. The lowest BCUT2D eigenvalue weighted by atomic mass is 9.88. The summed E-state index contributed by atoms with van der Waals surface area (Å²) in [6.45, 7) is 4.02. The topological polar surface area (TPSA) is 51.2 Å². The average Bonchev–Trinajstić information content (AvgIpc) is 2.77. The predicted molar refractivity (Wildman–Crippen MR) is 146 cm³/mol. The van der Waals surface area contributed by atoms with E-state index in [1.165, 1.54) is 0 Å². The Bertz CT molecular complexity index is 1220. The number of carbonyl (C=O) groups is 1. The molecule has 34 heavy (non-hydrogen) atoms. The van der Waals surface area contributed by atoms with Crippen molar-refractivity contribution in [2.75, 3.05) is 5.33 Å². The van der Waals surface area contributed by atoms with Gasteiger partial charge in [-0.2, -0.15) is 0 Å². The van der Waals surface area contributed by atoms with Gasteiger partial charge in [-0.15, -0.1) is 0 Å². The quantitative estimate of drug-likeness (QED) is 0.280. The van der Waals surface area contributed by atoms with Gasteiger partial charge in [-0.05, 0) is 56.2 Å². The number of rotatable bonds is 6. The van der Waals surface area contributed by atoms with Gasteiger partial charge < -0.3 is 10.1 Å². The summed E-state index contributed by atoms with van der Waals surface area (Å²) in [6.07, 6.45) is 1.88. The Balaban J connectivity index is 1.88. The number of hydrogen-bond donors (Lipinski definition) is 1. The summed E-state index contributed by atoms with van der Waals surface area (Å²) in [5.74, 6) is 0.523. The molecule has 4 rings (SSSR count). The van der Waals surface area contributed by atoms with E-state index in [1.807, 2.05) is 56.3 Å². The van der Waals surface area contributed by atoms with Crippen LogP contribution in [0.25, 0.3) is 22.4 Å². The van der Waals surface area contributed by atoms with Crippen molar-refractivity contribution in [2.24, 2.45) is 0 Å². The molecular weight excluding hydrogens is 603 g/mol. The number of carbonyl (C=O) groups excluding carboxylic acids is 1. The fraction of sp³-hybridized carbons (Fsp3) is 0.308. The summed E-state index contributed by atoms with van der Waals surface area (Å²) < 4.78 is 7.19. The van der Waals surface area contributed by atoms with Crippen LogP contribution in [-0.4, -0.2) is 21.8 Å². The third-order valence-corrected chi connectivity index (χ3v) is 7.29. The highest BCUT2D eigenvalue weighted by Gasteiger charge is 2.36. The van der Waals surface area contributed by atoms with E-state index in [4.69, 9.17) is 32.9 Å². The van der Waals surface area contributed by atoms with Gasteiger partial charge in [0, 0.05) is 44.4 Å². The van der Waals surface area contributed by atoms with Gasteiger partial charge in [0.1, 0.15) is 5.60 Å². The molecule has 0 saturated heterocycles. The second-order valence-electron chi connectivity index (χ2n) is 8.89. The smallest absolute Gasteiger partial charge is 0.220 e. The first kappa shape index (κ1) is 25.5. The molecule has 1 aromatic heterocycles. The standard InChI is InChI=1S/C26H24Br2Cl2N2O2/c1-26(2)14-22(31-23(33)4-3-11-27)20-13-19(15-5-8-17(29)9-6-15)24(32-25(20)34-26)18-10-7-16(28)12-21(18)30/h5-10,12-13,22H,3-4,11,14H2,1-2H3,(H,31,33). The van der Waals surface area contributed by atoms with Crippen molar-refractivity contribution in [2.45, 2.75) is 44.8 Å². The first-order chi connectivity index (χ1) is 16.2. The summed E-state index contributed by atoms with van der Waals surface area (Å²) in [5, 5.41) is 5.21. The van der Waals surface area contributed by atoms with Crippen molar-refractivity contribution < 1.29 is 9.53 Å². The molecule has 2 heterocycles. The molecule has 0 saturated carbocycles. The number of aromatic nitrogens is 1. The molecule has 3 aromatic rings. The van der Waals surface area contributed by atoms with Crippen LogP contribution in [0.4, 0.5) is 0 Å². The maximum Gasteiger partial charge on any atom is 0.220 e. The third kappa shape index (κ3) is 5.78. The summed E-state index contributed by atoms with van der Waals surface area (Å²) >= 11 is 19.7. The van der Waals surface area contributed by atoms with Gasteiger partial charge in [0.25, 0.3) is 0 Å². The fourth-order valence-corrected chi connectivity index (χ4v) is 5.28. The average molecular weight is 627 g/mol. The highest BCUT2D eigenvalue weighted by Crippen LogP contribution is 2.44. The Morgan fingerprint density at radius 1 is 1.15 bits per heavy atom. The van der Waals surface area contributed by atoms with Crippen LogP contribution in [0, 0.1) is 0 Å². The van der Waals surface area contributed by atoms with Crippen molar-refractivity contribution in [3.05, 3.63) is 68.6 Å². The zero-order valence-corrected chi connectivity index (χ0v) is 23.5. The van der Waals surface area contributed by atoms with Crippen LogP contribution < -0.4 is 10.1 Å². The number of fused-ring (bicyclic) bond motifs is 1. The summed E-state index contributed by atoms with van der Waals surface area (Å²) in [6, 6.07) is 15.2. The zero-order valence-electron chi connectivity index (χ0n) is 18.8. The van der Waals surface area contributed by atoms with Crippen LogP contribution >= 0.6 is 55.1 Å². The van der Waals surface area contributed by atoms with Crippen LogP contribution in [0.2, 0.25) is 10.0 Å². The van der Waals surface area contributed by atoms with E-state index < -0.39 is 5.60 Å². The number of pyridine rings is 1. The van der Waals surface area contributed by atoms with Crippen molar-refractivity contribution in [3.63, 3.8) is 0 Å². The van der Waals surface area contributed by atoms with Crippen molar-refractivity contribution >= 4 is 61.0 Å². The van der Waals surface area contributed by atoms with Crippen LogP contribution in [0.1, 0.15) is 44.7 Å². The van der Waals surface area contributed by atoms with Gasteiger partial charge >= 0.3 is 0 Å². The van der Waals surface area contributed by atoms with Crippen molar-refractivity contribution in [1.29, 1.82) is 0 Å². The number of nitrogens with one attached hydrogen (secondary N) is 1. The molecule has 0 radical (unpaired) electrons. The summed E-state index contributed by atoms with van der Waals surface area (Å²) in [7, 11) is 0. The number of amides is 1. The first-order valence-corrected chi connectivity index (χ1v) is 13.6. The summed E-state index contributed by atoms with van der Waals surface area (Å²) in [4.78, 5) is 17.6. The van der Waals surface area contributed by atoms with Crippen LogP contribution in [0.15, 0.2) is 53.0 Å². The molecule has 1 N–H and O–H groups in total. The Morgan fingerprint density at radius 2 is 1.88 bits per heavy atom. The van der Waals surface area contributed by atoms with Crippen LogP contribution in [0.5, 0.6) is 5.88 Å².